The molecular formula is C19H20N4O. The number of carbonyl (C=O) groups excluding carboxylic acids is 1. The number of anilines is 2. The highest BCUT2D eigenvalue weighted by molar-refractivity contribution is 6.08. The molecule has 5 heteroatoms. The number of hydrogen-bond acceptors (Lipinski definition) is 4. The summed E-state index contributed by atoms with van der Waals surface area (Å²) in [7, 11) is 0. The van der Waals surface area contributed by atoms with Crippen LogP contribution >= 0.6 is 0 Å². The molecule has 122 valence electrons. The Kier molecular flexibility index (Phi) is 3.41. The summed E-state index contributed by atoms with van der Waals surface area (Å²) in [4.78, 5) is 14.9. The van der Waals surface area contributed by atoms with Crippen molar-refractivity contribution in [3.05, 3.63) is 65.4 Å². The summed E-state index contributed by atoms with van der Waals surface area (Å²) in [5.74, 6) is -0.00308. The molecule has 0 bridgehead atoms. The van der Waals surface area contributed by atoms with Crippen molar-refractivity contribution in [2.75, 3.05) is 17.2 Å². The summed E-state index contributed by atoms with van der Waals surface area (Å²) in [5, 5.41) is 6.93. The maximum absolute atomic E-state index is 13.0. The van der Waals surface area contributed by atoms with Gasteiger partial charge in [-0.05, 0) is 37.3 Å². The third-order valence-electron chi connectivity index (χ3n) is 4.51. The summed E-state index contributed by atoms with van der Waals surface area (Å²) in [6, 6.07) is 15.1. The molecule has 4 rings (SSSR count). The van der Waals surface area contributed by atoms with Crippen LogP contribution in [0.2, 0.25) is 0 Å². The second kappa shape index (κ2) is 5.60. The Morgan fingerprint density at radius 2 is 1.88 bits per heavy atom. The number of hydrogen-bond donors (Lipinski definition) is 3. The lowest BCUT2D eigenvalue weighted by Crippen LogP contribution is -2.35. The van der Waals surface area contributed by atoms with Crippen molar-refractivity contribution >= 4 is 23.0 Å². The van der Waals surface area contributed by atoms with Gasteiger partial charge in [0.1, 0.15) is 0 Å². The summed E-state index contributed by atoms with van der Waals surface area (Å²) < 4.78 is 0. The minimum atomic E-state index is -0.00308. The van der Waals surface area contributed by atoms with Gasteiger partial charge in [0.05, 0.1) is 17.6 Å². The third kappa shape index (κ3) is 2.38. The molecule has 0 aromatic heterocycles. The molecule has 2 heterocycles. The van der Waals surface area contributed by atoms with E-state index in [1.807, 2.05) is 23.1 Å². The van der Waals surface area contributed by atoms with E-state index in [4.69, 9.17) is 5.73 Å². The van der Waals surface area contributed by atoms with Crippen molar-refractivity contribution in [3.63, 3.8) is 0 Å². The number of para-hydroxylation sites is 1. The van der Waals surface area contributed by atoms with Crippen LogP contribution in [-0.2, 0) is 0 Å². The Hall–Kier alpha value is -2.95. The largest absolute Gasteiger partial charge is 0.399 e. The molecule has 0 saturated carbocycles. The van der Waals surface area contributed by atoms with Crippen LogP contribution in [0.3, 0.4) is 0 Å². The van der Waals surface area contributed by atoms with E-state index in [9.17, 15) is 4.79 Å². The molecule has 1 amide bonds. The first-order valence-corrected chi connectivity index (χ1v) is 8.16. The van der Waals surface area contributed by atoms with Gasteiger partial charge in [0, 0.05) is 35.5 Å². The monoisotopic (exact) mass is 320 g/mol. The summed E-state index contributed by atoms with van der Waals surface area (Å²) in [5.41, 5.74) is 11.3. The molecule has 5 nitrogen and oxygen atoms in total. The molecule has 2 aromatic rings. The van der Waals surface area contributed by atoms with Crippen LogP contribution in [0.5, 0.6) is 0 Å². The molecule has 0 spiro atoms. The van der Waals surface area contributed by atoms with Crippen molar-refractivity contribution in [1.82, 2.24) is 10.6 Å². The van der Waals surface area contributed by atoms with Crippen molar-refractivity contribution in [1.29, 1.82) is 0 Å². The summed E-state index contributed by atoms with van der Waals surface area (Å²) >= 11 is 0. The Labute approximate surface area is 141 Å². The highest BCUT2D eigenvalue weighted by Crippen LogP contribution is 2.34. The normalized spacial score (nSPS) is 19.0. The molecule has 0 fully saturated rings. The number of nitrogens with zero attached hydrogens (tertiary/aromatic N) is 1. The third-order valence-corrected chi connectivity index (χ3v) is 4.51. The molecule has 2 aromatic carbocycles. The average molecular weight is 320 g/mol. The summed E-state index contributed by atoms with van der Waals surface area (Å²) in [6.07, 6.45) is 1.00. The minimum Gasteiger partial charge on any atom is -0.399 e. The zero-order chi connectivity index (χ0) is 16.7. The van der Waals surface area contributed by atoms with Gasteiger partial charge in [-0.1, -0.05) is 18.2 Å². The van der Waals surface area contributed by atoms with Crippen molar-refractivity contribution in [2.45, 2.75) is 19.5 Å². The molecule has 1 unspecified atom stereocenters. The average Bonchev–Trinajstić information content (AvgIpc) is 2.89. The zero-order valence-electron chi connectivity index (χ0n) is 13.5. The second-order valence-corrected chi connectivity index (χ2v) is 6.21. The highest BCUT2D eigenvalue weighted by atomic mass is 16.2. The first kappa shape index (κ1) is 14.6. The van der Waals surface area contributed by atoms with Crippen molar-refractivity contribution < 1.29 is 4.79 Å². The van der Waals surface area contributed by atoms with Gasteiger partial charge in [0.15, 0.2) is 0 Å². The quantitative estimate of drug-likeness (QED) is 0.706. The van der Waals surface area contributed by atoms with Crippen LogP contribution in [-0.4, -0.2) is 18.6 Å². The van der Waals surface area contributed by atoms with Gasteiger partial charge in [-0.2, -0.15) is 0 Å². The molecule has 4 N–H and O–H groups in total. The van der Waals surface area contributed by atoms with Crippen LogP contribution in [0.25, 0.3) is 5.70 Å². The Bertz CT molecular complexity index is 826. The van der Waals surface area contributed by atoms with Gasteiger partial charge in [0.2, 0.25) is 0 Å². The van der Waals surface area contributed by atoms with Gasteiger partial charge in [0.25, 0.3) is 5.91 Å². The lowest BCUT2D eigenvalue weighted by molar-refractivity contribution is 0.0987. The molecule has 0 radical (unpaired) electrons. The Morgan fingerprint density at radius 3 is 2.67 bits per heavy atom. The van der Waals surface area contributed by atoms with Crippen LogP contribution in [0.4, 0.5) is 11.4 Å². The van der Waals surface area contributed by atoms with E-state index in [0.717, 1.165) is 23.4 Å². The van der Waals surface area contributed by atoms with Gasteiger partial charge in [-0.25, -0.2) is 0 Å². The fourth-order valence-electron chi connectivity index (χ4n) is 3.37. The molecule has 24 heavy (non-hydrogen) atoms. The smallest absolute Gasteiger partial charge is 0.258 e. The fourth-order valence-corrected chi connectivity index (χ4v) is 3.37. The first-order valence-electron chi connectivity index (χ1n) is 8.16. The predicted molar refractivity (Wildman–Crippen MR) is 96.2 cm³/mol. The standard InChI is InChI=1S/C19H20N4O/c1-12-21-16-10-11-23(19(24)13-6-8-14(20)9-7-13)17-5-3-2-4-15(17)18(16)22-12/h2-9,12,21-22H,10-11,20H2,1H3. The van der Waals surface area contributed by atoms with E-state index < -0.39 is 0 Å². The number of carbonyl (C=O) groups is 1. The van der Waals surface area contributed by atoms with E-state index >= 15 is 0 Å². The molecular weight excluding hydrogens is 300 g/mol. The van der Waals surface area contributed by atoms with Gasteiger partial charge >= 0.3 is 0 Å². The van der Waals surface area contributed by atoms with Gasteiger partial charge in [-0.3, -0.25) is 4.79 Å². The maximum atomic E-state index is 13.0. The Balaban J connectivity index is 1.75. The topological polar surface area (TPSA) is 70.4 Å². The number of nitrogen functional groups attached to an aromatic ring is 1. The van der Waals surface area contributed by atoms with Crippen molar-refractivity contribution in [2.24, 2.45) is 0 Å². The molecule has 2 aliphatic heterocycles. The van der Waals surface area contributed by atoms with Gasteiger partial charge < -0.3 is 21.3 Å². The lowest BCUT2D eigenvalue weighted by Gasteiger charge is -2.24. The van der Waals surface area contributed by atoms with Crippen LogP contribution < -0.4 is 21.3 Å². The number of rotatable bonds is 1. The number of benzene rings is 2. The van der Waals surface area contributed by atoms with Crippen LogP contribution in [0.1, 0.15) is 29.3 Å². The first-order chi connectivity index (χ1) is 11.6. The van der Waals surface area contributed by atoms with Gasteiger partial charge in [-0.15, -0.1) is 0 Å². The van der Waals surface area contributed by atoms with E-state index in [1.54, 1.807) is 24.3 Å². The van der Waals surface area contributed by atoms with E-state index in [2.05, 4.69) is 23.6 Å². The van der Waals surface area contributed by atoms with E-state index in [0.29, 0.717) is 17.8 Å². The number of nitrogens with one attached hydrogen (secondary N) is 2. The van der Waals surface area contributed by atoms with Crippen LogP contribution in [0.15, 0.2) is 54.2 Å². The number of nitrogens with two attached hydrogens (primary N) is 1. The lowest BCUT2D eigenvalue weighted by atomic mass is 10.1. The predicted octanol–water partition coefficient (Wildman–Crippen LogP) is 2.53. The molecule has 1 atom stereocenters. The minimum absolute atomic E-state index is 0.00308. The summed E-state index contributed by atoms with van der Waals surface area (Å²) in [6.45, 7) is 2.73. The molecule has 2 aliphatic rings. The highest BCUT2D eigenvalue weighted by Gasteiger charge is 2.29. The SMILES string of the molecule is CC1NC2=C(N1)c1ccccc1N(C(=O)c1ccc(N)cc1)CC2. The van der Waals surface area contributed by atoms with E-state index in [1.165, 1.54) is 5.70 Å². The van der Waals surface area contributed by atoms with Crippen molar-refractivity contribution in [3.8, 4) is 0 Å². The second-order valence-electron chi connectivity index (χ2n) is 6.21. The molecule has 0 aliphatic carbocycles. The fraction of sp³-hybridized carbons (Fsp3) is 0.211. The molecule has 0 saturated heterocycles. The Morgan fingerprint density at radius 1 is 1.12 bits per heavy atom. The number of amides is 1. The van der Waals surface area contributed by atoms with Crippen LogP contribution in [0, 0.1) is 0 Å². The zero-order valence-corrected chi connectivity index (χ0v) is 13.5. The van der Waals surface area contributed by atoms with E-state index in [-0.39, 0.29) is 12.1 Å². The number of fused-ring (bicyclic) bond motifs is 2. The maximum Gasteiger partial charge on any atom is 0.258 e.